The van der Waals surface area contributed by atoms with Crippen LogP contribution >= 0.6 is 0 Å². The van der Waals surface area contributed by atoms with Crippen LogP contribution < -0.4 is 5.32 Å². The summed E-state index contributed by atoms with van der Waals surface area (Å²) in [6, 6.07) is 11.0. The fourth-order valence-corrected chi connectivity index (χ4v) is 1.69. The van der Waals surface area contributed by atoms with Gasteiger partial charge < -0.3 is 10.4 Å². The number of carbonyl (C=O) groups excluding carboxylic acids is 1. The number of anilines is 1. The minimum atomic E-state index is -0.178. The molecule has 1 aromatic heterocycles. The van der Waals surface area contributed by atoms with E-state index in [1.54, 1.807) is 18.3 Å². The van der Waals surface area contributed by atoms with E-state index in [1.165, 1.54) is 0 Å². The highest BCUT2D eigenvalue weighted by Crippen LogP contribution is 2.11. The maximum atomic E-state index is 11.9. The van der Waals surface area contributed by atoms with Crippen molar-refractivity contribution in [3.63, 3.8) is 0 Å². The minimum absolute atomic E-state index is 0.126. The van der Waals surface area contributed by atoms with E-state index in [-0.39, 0.29) is 12.5 Å². The fraction of sp³-hybridized carbons (Fsp3) is 0.200. The molecule has 1 heterocycles. The molecule has 0 aliphatic carbocycles. The van der Waals surface area contributed by atoms with Crippen LogP contribution in [0.3, 0.4) is 0 Å². The Labute approximate surface area is 112 Å². The number of nitrogens with zero attached hydrogens (tertiary/aromatic N) is 1. The standard InChI is InChI=1S/C15H16N2O2/c1-11-2-5-13(10-16-11)15(19)17-14-6-3-12(4-7-14)8-9-18/h2-7,10,18H,8-9H2,1H3,(H,17,19). The molecule has 0 unspecified atom stereocenters. The molecule has 0 saturated carbocycles. The van der Waals surface area contributed by atoms with Gasteiger partial charge in [-0.25, -0.2) is 0 Å². The van der Waals surface area contributed by atoms with E-state index >= 15 is 0 Å². The van der Waals surface area contributed by atoms with E-state index in [1.807, 2.05) is 31.2 Å². The Morgan fingerprint density at radius 3 is 2.53 bits per heavy atom. The molecule has 1 aromatic carbocycles. The van der Waals surface area contributed by atoms with E-state index in [9.17, 15) is 4.79 Å². The topological polar surface area (TPSA) is 62.2 Å². The van der Waals surface area contributed by atoms with Gasteiger partial charge in [0.25, 0.3) is 5.91 Å². The summed E-state index contributed by atoms with van der Waals surface area (Å²) in [5, 5.41) is 11.6. The largest absolute Gasteiger partial charge is 0.396 e. The van der Waals surface area contributed by atoms with Crippen molar-refractivity contribution in [2.24, 2.45) is 0 Å². The lowest BCUT2D eigenvalue weighted by atomic mass is 10.1. The molecule has 2 rings (SSSR count). The number of hydrogen-bond acceptors (Lipinski definition) is 3. The Morgan fingerprint density at radius 2 is 1.95 bits per heavy atom. The highest BCUT2D eigenvalue weighted by molar-refractivity contribution is 6.04. The molecule has 0 aliphatic heterocycles. The summed E-state index contributed by atoms with van der Waals surface area (Å²) in [6.45, 7) is 2.00. The summed E-state index contributed by atoms with van der Waals surface area (Å²) in [5.41, 5.74) is 3.18. The number of hydrogen-bond donors (Lipinski definition) is 2. The van der Waals surface area contributed by atoms with Gasteiger partial charge >= 0.3 is 0 Å². The lowest BCUT2D eigenvalue weighted by molar-refractivity contribution is 0.102. The zero-order valence-electron chi connectivity index (χ0n) is 10.8. The number of aliphatic hydroxyl groups is 1. The molecule has 1 amide bonds. The first kappa shape index (κ1) is 13.2. The van der Waals surface area contributed by atoms with Crippen LogP contribution in [0.15, 0.2) is 42.6 Å². The number of aryl methyl sites for hydroxylation is 1. The van der Waals surface area contributed by atoms with E-state index in [4.69, 9.17) is 5.11 Å². The van der Waals surface area contributed by atoms with Gasteiger partial charge in [-0.2, -0.15) is 0 Å². The lowest BCUT2D eigenvalue weighted by Crippen LogP contribution is -2.12. The van der Waals surface area contributed by atoms with Crippen molar-refractivity contribution in [3.8, 4) is 0 Å². The third-order valence-corrected chi connectivity index (χ3v) is 2.79. The summed E-state index contributed by atoms with van der Waals surface area (Å²) in [5.74, 6) is -0.178. The van der Waals surface area contributed by atoms with Crippen molar-refractivity contribution < 1.29 is 9.90 Å². The Morgan fingerprint density at radius 1 is 1.21 bits per heavy atom. The van der Waals surface area contributed by atoms with Gasteiger partial charge in [-0.1, -0.05) is 12.1 Å². The second-order valence-electron chi connectivity index (χ2n) is 4.31. The summed E-state index contributed by atoms with van der Waals surface area (Å²) in [6.07, 6.45) is 2.18. The number of amides is 1. The second-order valence-corrected chi connectivity index (χ2v) is 4.31. The van der Waals surface area contributed by atoms with E-state index in [0.29, 0.717) is 12.0 Å². The second kappa shape index (κ2) is 6.11. The maximum absolute atomic E-state index is 11.9. The number of rotatable bonds is 4. The summed E-state index contributed by atoms with van der Waals surface area (Å²) >= 11 is 0. The summed E-state index contributed by atoms with van der Waals surface area (Å²) in [4.78, 5) is 16.0. The molecule has 2 aromatic rings. The van der Waals surface area contributed by atoms with Crippen molar-refractivity contribution in [3.05, 3.63) is 59.4 Å². The van der Waals surface area contributed by atoms with Crippen LogP contribution in [-0.2, 0) is 6.42 Å². The molecule has 0 fully saturated rings. The van der Waals surface area contributed by atoms with Crippen molar-refractivity contribution in [2.75, 3.05) is 11.9 Å². The Kier molecular flexibility index (Phi) is 4.26. The van der Waals surface area contributed by atoms with Crippen molar-refractivity contribution in [2.45, 2.75) is 13.3 Å². The first-order valence-corrected chi connectivity index (χ1v) is 6.13. The SMILES string of the molecule is Cc1ccc(C(=O)Nc2ccc(CCO)cc2)cn1. The quantitative estimate of drug-likeness (QED) is 0.881. The Hall–Kier alpha value is -2.20. The predicted molar refractivity (Wildman–Crippen MR) is 74.2 cm³/mol. The summed E-state index contributed by atoms with van der Waals surface area (Å²) < 4.78 is 0. The number of aromatic nitrogens is 1. The third kappa shape index (κ3) is 3.63. The molecule has 0 spiro atoms. The van der Waals surface area contributed by atoms with Crippen molar-refractivity contribution in [1.29, 1.82) is 0 Å². The lowest BCUT2D eigenvalue weighted by Gasteiger charge is -2.06. The van der Waals surface area contributed by atoms with Gasteiger partial charge in [-0.05, 0) is 43.2 Å². The van der Waals surface area contributed by atoms with Crippen molar-refractivity contribution >= 4 is 11.6 Å². The molecule has 0 radical (unpaired) electrons. The zero-order valence-corrected chi connectivity index (χ0v) is 10.8. The van der Waals surface area contributed by atoms with Crippen LogP contribution in [0.4, 0.5) is 5.69 Å². The fourth-order valence-electron chi connectivity index (χ4n) is 1.69. The number of pyridine rings is 1. The van der Waals surface area contributed by atoms with Crippen LogP contribution in [0.2, 0.25) is 0 Å². The molecule has 4 nitrogen and oxygen atoms in total. The molecule has 2 N–H and O–H groups in total. The molecule has 0 bridgehead atoms. The van der Waals surface area contributed by atoms with Gasteiger partial charge in [-0.3, -0.25) is 9.78 Å². The van der Waals surface area contributed by atoms with E-state index in [2.05, 4.69) is 10.3 Å². The van der Waals surface area contributed by atoms with E-state index in [0.717, 1.165) is 16.9 Å². The van der Waals surface area contributed by atoms with Crippen LogP contribution in [-0.4, -0.2) is 22.6 Å². The Bertz CT molecular complexity index is 547. The van der Waals surface area contributed by atoms with Gasteiger partial charge in [0.1, 0.15) is 0 Å². The van der Waals surface area contributed by atoms with Gasteiger partial charge in [0.2, 0.25) is 0 Å². The first-order valence-electron chi connectivity index (χ1n) is 6.13. The molecular formula is C15H16N2O2. The van der Waals surface area contributed by atoms with Crippen LogP contribution in [0.1, 0.15) is 21.6 Å². The zero-order chi connectivity index (χ0) is 13.7. The molecular weight excluding hydrogens is 240 g/mol. The molecule has 19 heavy (non-hydrogen) atoms. The number of benzene rings is 1. The average molecular weight is 256 g/mol. The van der Waals surface area contributed by atoms with Gasteiger partial charge in [0.15, 0.2) is 0 Å². The van der Waals surface area contributed by atoms with Gasteiger partial charge in [0.05, 0.1) is 5.56 Å². The number of carbonyl (C=O) groups is 1. The third-order valence-electron chi connectivity index (χ3n) is 2.79. The average Bonchev–Trinajstić information content (AvgIpc) is 2.42. The number of nitrogens with one attached hydrogen (secondary N) is 1. The van der Waals surface area contributed by atoms with Crippen LogP contribution in [0.25, 0.3) is 0 Å². The minimum Gasteiger partial charge on any atom is -0.396 e. The normalized spacial score (nSPS) is 10.2. The van der Waals surface area contributed by atoms with Crippen molar-refractivity contribution in [1.82, 2.24) is 4.98 Å². The monoisotopic (exact) mass is 256 g/mol. The molecule has 0 atom stereocenters. The van der Waals surface area contributed by atoms with Gasteiger partial charge in [0, 0.05) is 24.2 Å². The highest BCUT2D eigenvalue weighted by atomic mass is 16.2. The molecule has 4 heteroatoms. The number of aliphatic hydroxyl groups excluding tert-OH is 1. The van der Waals surface area contributed by atoms with E-state index < -0.39 is 0 Å². The molecule has 98 valence electrons. The van der Waals surface area contributed by atoms with Crippen LogP contribution in [0.5, 0.6) is 0 Å². The smallest absolute Gasteiger partial charge is 0.257 e. The maximum Gasteiger partial charge on any atom is 0.257 e. The highest BCUT2D eigenvalue weighted by Gasteiger charge is 2.06. The van der Waals surface area contributed by atoms with Crippen LogP contribution in [0, 0.1) is 6.92 Å². The predicted octanol–water partition coefficient (Wildman–Crippen LogP) is 2.18. The molecule has 0 aliphatic rings. The summed E-state index contributed by atoms with van der Waals surface area (Å²) in [7, 11) is 0. The molecule has 0 saturated heterocycles. The Balaban J connectivity index is 2.04. The van der Waals surface area contributed by atoms with Gasteiger partial charge in [-0.15, -0.1) is 0 Å². The first-order chi connectivity index (χ1) is 9.19.